The van der Waals surface area contributed by atoms with Crippen LogP contribution >= 0.6 is 11.6 Å². The third-order valence-electron chi connectivity index (χ3n) is 5.91. The Morgan fingerprint density at radius 3 is 2.51 bits per heavy atom. The first kappa shape index (κ1) is 24.8. The lowest BCUT2D eigenvalue weighted by Crippen LogP contribution is -2.49. The zero-order valence-electron chi connectivity index (χ0n) is 19.6. The smallest absolute Gasteiger partial charge is 0.289 e. The second kappa shape index (κ2) is 10.9. The molecule has 10 nitrogen and oxygen atoms in total. The highest BCUT2D eigenvalue weighted by Gasteiger charge is 2.31. The molecule has 1 aromatic heterocycles. The van der Waals surface area contributed by atoms with E-state index < -0.39 is 11.0 Å². The zero-order valence-corrected chi connectivity index (χ0v) is 20.3. The fourth-order valence-electron chi connectivity index (χ4n) is 4.04. The van der Waals surface area contributed by atoms with E-state index in [1.807, 2.05) is 44.2 Å². The van der Waals surface area contributed by atoms with Crippen molar-refractivity contribution in [2.24, 2.45) is 0 Å². The second-order valence-corrected chi connectivity index (χ2v) is 9.15. The molecule has 1 fully saturated rings. The number of rotatable bonds is 8. The molecular weight excluding hydrogens is 472 g/mol. The largest absolute Gasteiger partial charge is 0.338 e. The minimum Gasteiger partial charge on any atom is -0.338 e. The van der Waals surface area contributed by atoms with Gasteiger partial charge in [0.05, 0.1) is 11.5 Å². The van der Waals surface area contributed by atoms with E-state index in [4.69, 9.17) is 16.1 Å². The van der Waals surface area contributed by atoms with E-state index in [1.165, 1.54) is 12.1 Å². The van der Waals surface area contributed by atoms with Crippen molar-refractivity contribution in [3.05, 3.63) is 80.9 Å². The highest BCUT2D eigenvalue weighted by Crippen LogP contribution is 2.29. The summed E-state index contributed by atoms with van der Waals surface area (Å²) in [5.74, 6) is 1.22. The Morgan fingerprint density at radius 2 is 1.89 bits per heavy atom. The topological polar surface area (TPSA) is 118 Å². The Kier molecular flexibility index (Phi) is 7.74. The van der Waals surface area contributed by atoms with E-state index in [0.29, 0.717) is 37.0 Å². The van der Waals surface area contributed by atoms with Crippen LogP contribution in [0.4, 0.5) is 11.4 Å². The monoisotopic (exact) mass is 498 g/mol. The fraction of sp³-hybridized carbons (Fsp3) is 0.375. The number of hydrogen-bond acceptors (Lipinski definition) is 8. The van der Waals surface area contributed by atoms with Gasteiger partial charge in [0.2, 0.25) is 11.8 Å². The van der Waals surface area contributed by atoms with Gasteiger partial charge in [0.15, 0.2) is 5.82 Å². The lowest BCUT2D eigenvalue weighted by atomic mass is 10.0. The van der Waals surface area contributed by atoms with Crippen LogP contribution in [0.25, 0.3) is 0 Å². The van der Waals surface area contributed by atoms with Crippen LogP contribution in [0.3, 0.4) is 0 Å². The summed E-state index contributed by atoms with van der Waals surface area (Å²) in [4.78, 5) is 32.9. The first-order chi connectivity index (χ1) is 16.8. The number of benzene rings is 2. The van der Waals surface area contributed by atoms with Crippen molar-refractivity contribution < 1.29 is 14.2 Å². The van der Waals surface area contributed by atoms with Crippen LogP contribution in [-0.2, 0) is 11.3 Å². The number of aromatic nitrogens is 2. The van der Waals surface area contributed by atoms with Gasteiger partial charge in [-0.05, 0) is 17.7 Å². The van der Waals surface area contributed by atoms with Crippen molar-refractivity contribution in [1.82, 2.24) is 19.9 Å². The lowest BCUT2D eigenvalue weighted by Gasteiger charge is -2.38. The molecule has 0 saturated carbocycles. The average molecular weight is 499 g/mol. The van der Waals surface area contributed by atoms with E-state index in [0.717, 1.165) is 18.7 Å². The minimum absolute atomic E-state index is 0.0190. The van der Waals surface area contributed by atoms with Gasteiger partial charge in [0.25, 0.3) is 5.69 Å². The van der Waals surface area contributed by atoms with Crippen LogP contribution in [-0.4, -0.2) is 56.9 Å². The van der Waals surface area contributed by atoms with Gasteiger partial charge in [-0.3, -0.25) is 24.7 Å². The Balaban J connectivity index is 1.46. The normalized spacial score (nSPS) is 15.8. The fourth-order valence-corrected chi connectivity index (χ4v) is 4.23. The minimum atomic E-state index is -0.570. The number of nitrogens with zero attached hydrogens (tertiary/aromatic N) is 5. The van der Waals surface area contributed by atoms with E-state index in [-0.39, 0.29) is 22.5 Å². The van der Waals surface area contributed by atoms with Gasteiger partial charge in [-0.2, -0.15) is 4.98 Å². The van der Waals surface area contributed by atoms with E-state index in [2.05, 4.69) is 25.3 Å². The van der Waals surface area contributed by atoms with Crippen LogP contribution < -0.4 is 5.32 Å². The van der Waals surface area contributed by atoms with Crippen LogP contribution in [0.15, 0.2) is 53.1 Å². The Hall–Kier alpha value is -3.34. The van der Waals surface area contributed by atoms with Crippen molar-refractivity contribution >= 4 is 28.9 Å². The molecule has 0 aliphatic carbocycles. The van der Waals surface area contributed by atoms with Crippen molar-refractivity contribution in [3.8, 4) is 0 Å². The molecule has 11 heteroatoms. The van der Waals surface area contributed by atoms with Crippen LogP contribution in [0.5, 0.6) is 0 Å². The van der Waals surface area contributed by atoms with Gasteiger partial charge < -0.3 is 9.84 Å². The molecule has 1 aliphatic rings. The predicted octanol–water partition coefficient (Wildman–Crippen LogP) is 4.25. The van der Waals surface area contributed by atoms with Gasteiger partial charge in [0, 0.05) is 43.9 Å². The summed E-state index contributed by atoms with van der Waals surface area (Å²) in [6.45, 7) is 7.35. The first-order valence-electron chi connectivity index (χ1n) is 11.4. The summed E-state index contributed by atoms with van der Waals surface area (Å²) in [6.07, 6.45) is 0. The van der Waals surface area contributed by atoms with Crippen molar-refractivity contribution in [1.29, 1.82) is 0 Å². The number of piperazine rings is 1. The van der Waals surface area contributed by atoms with Crippen molar-refractivity contribution in [2.75, 3.05) is 31.5 Å². The quantitative estimate of drug-likeness (QED) is 0.361. The van der Waals surface area contributed by atoms with Crippen LogP contribution in [0, 0.1) is 10.1 Å². The lowest BCUT2D eigenvalue weighted by molar-refractivity contribution is -0.384. The summed E-state index contributed by atoms with van der Waals surface area (Å²) in [6, 6.07) is 13.2. The molecule has 2 aromatic carbocycles. The highest BCUT2D eigenvalue weighted by molar-refractivity contribution is 6.32. The number of nitrogens with one attached hydrogen (secondary N) is 1. The zero-order chi connectivity index (χ0) is 24.9. The first-order valence-corrected chi connectivity index (χ1v) is 11.8. The molecule has 4 rings (SSSR count). The molecule has 0 spiro atoms. The molecule has 1 aliphatic heterocycles. The molecule has 1 N–H and O–H groups in total. The summed E-state index contributed by atoms with van der Waals surface area (Å²) in [5.41, 5.74) is 0.916. The third-order valence-corrected chi connectivity index (χ3v) is 6.22. The summed E-state index contributed by atoms with van der Waals surface area (Å²) < 4.78 is 5.37. The molecule has 2 heterocycles. The van der Waals surface area contributed by atoms with Crippen LogP contribution in [0.1, 0.15) is 43.1 Å². The molecule has 1 amide bonds. The molecule has 1 unspecified atom stereocenters. The van der Waals surface area contributed by atoms with E-state index >= 15 is 0 Å². The number of carbonyl (C=O) groups excluding carboxylic acids is 1. The number of halogens is 1. The molecule has 0 bridgehead atoms. The van der Waals surface area contributed by atoms with Gasteiger partial charge in [-0.1, -0.05) is 60.9 Å². The SMILES string of the molecule is CC(C)c1noc(CN2CCN(C(C(=O)Nc3ccc(Cl)c([N+](=O)[O-])c3)c3ccccc3)CC2)n1. The molecule has 1 saturated heterocycles. The molecule has 3 aromatic rings. The Morgan fingerprint density at radius 1 is 1.17 bits per heavy atom. The van der Waals surface area contributed by atoms with Crippen molar-refractivity contribution in [3.63, 3.8) is 0 Å². The van der Waals surface area contributed by atoms with Gasteiger partial charge in [0.1, 0.15) is 11.1 Å². The maximum Gasteiger partial charge on any atom is 0.289 e. The second-order valence-electron chi connectivity index (χ2n) is 8.74. The molecule has 184 valence electrons. The number of nitro benzene ring substituents is 1. The van der Waals surface area contributed by atoms with Gasteiger partial charge in [-0.15, -0.1) is 0 Å². The summed E-state index contributed by atoms with van der Waals surface area (Å²) >= 11 is 5.91. The molecule has 0 radical (unpaired) electrons. The third kappa shape index (κ3) is 6.02. The predicted molar refractivity (Wildman–Crippen MR) is 131 cm³/mol. The standard InChI is InChI=1S/C24H27ClN6O4/c1-16(2)23-27-21(35-28-23)15-29-10-12-30(13-11-29)22(17-6-4-3-5-7-17)24(32)26-18-8-9-19(25)20(14-18)31(33)34/h3-9,14,16,22H,10-13,15H2,1-2H3,(H,26,32). The van der Waals surface area contributed by atoms with Crippen molar-refractivity contribution in [2.45, 2.75) is 32.4 Å². The molecule has 1 atom stereocenters. The summed E-state index contributed by atoms with van der Waals surface area (Å²) in [5, 5.41) is 18.1. The van der Waals surface area contributed by atoms with Crippen LogP contribution in [0.2, 0.25) is 5.02 Å². The highest BCUT2D eigenvalue weighted by atomic mass is 35.5. The number of hydrogen-bond donors (Lipinski definition) is 1. The Bertz CT molecular complexity index is 1180. The number of carbonyl (C=O) groups is 1. The Labute approximate surface area is 208 Å². The maximum atomic E-state index is 13.4. The maximum absolute atomic E-state index is 13.4. The number of amides is 1. The van der Waals surface area contributed by atoms with Gasteiger partial charge >= 0.3 is 0 Å². The number of nitro groups is 1. The van der Waals surface area contributed by atoms with Gasteiger partial charge in [-0.25, -0.2) is 0 Å². The number of anilines is 1. The van der Waals surface area contributed by atoms with E-state index in [1.54, 1.807) is 6.07 Å². The molecule has 35 heavy (non-hydrogen) atoms. The molecular formula is C24H27ClN6O4. The average Bonchev–Trinajstić information content (AvgIpc) is 3.31. The van der Waals surface area contributed by atoms with E-state index in [9.17, 15) is 14.9 Å². The summed E-state index contributed by atoms with van der Waals surface area (Å²) in [7, 11) is 0.